The Hall–Kier alpha value is -2.36. The van der Waals surface area contributed by atoms with E-state index in [-0.39, 0.29) is 5.56 Å². The average molecular weight is 228 g/mol. The monoisotopic (exact) mass is 228 g/mol. The van der Waals surface area contributed by atoms with E-state index >= 15 is 0 Å². The van der Waals surface area contributed by atoms with E-state index in [0.717, 1.165) is 5.69 Å². The van der Waals surface area contributed by atoms with E-state index in [4.69, 9.17) is 5.11 Å². The minimum Gasteiger partial charge on any atom is -0.478 e. The normalized spacial score (nSPS) is 9.94. The maximum absolute atomic E-state index is 10.6. The molecule has 0 amide bonds. The summed E-state index contributed by atoms with van der Waals surface area (Å²) in [5.41, 5.74) is 2.29. The fourth-order valence-corrected chi connectivity index (χ4v) is 1.38. The molecule has 0 saturated heterocycles. The Morgan fingerprint density at radius 3 is 2.41 bits per heavy atom. The molecule has 0 bridgehead atoms. The van der Waals surface area contributed by atoms with Crippen LogP contribution in [0.4, 0.5) is 11.5 Å². The summed E-state index contributed by atoms with van der Waals surface area (Å²) in [5.74, 6) is -0.349. The van der Waals surface area contributed by atoms with Gasteiger partial charge in [-0.2, -0.15) is 0 Å². The van der Waals surface area contributed by atoms with Gasteiger partial charge in [0.05, 0.1) is 5.56 Å². The third-order valence-electron chi connectivity index (χ3n) is 2.33. The number of aromatic carboxylic acids is 1. The van der Waals surface area contributed by atoms with Crippen LogP contribution in [0.1, 0.15) is 15.9 Å². The summed E-state index contributed by atoms with van der Waals surface area (Å²) in [7, 11) is 0. The van der Waals surface area contributed by atoms with Gasteiger partial charge in [0.15, 0.2) is 0 Å². The maximum Gasteiger partial charge on any atom is 0.337 e. The van der Waals surface area contributed by atoms with Crippen LogP contribution in [-0.4, -0.2) is 16.1 Å². The Kier molecular flexibility index (Phi) is 3.05. The predicted molar refractivity (Wildman–Crippen MR) is 65.7 cm³/mol. The molecule has 0 atom stereocenters. The second-order valence-corrected chi connectivity index (χ2v) is 3.73. The molecule has 0 aliphatic heterocycles. The van der Waals surface area contributed by atoms with Gasteiger partial charge in [0.25, 0.3) is 0 Å². The van der Waals surface area contributed by atoms with Crippen molar-refractivity contribution in [1.82, 2.24) is 4.98 Å². The molecule has 1 aromatic carbocycles. The molecule has 0 saturated carbocycles. The first-order valence-corrected chi connectivity index (χ1v) is 5.18. The van der Waals surface area contributed by atoms with Gasteiger partial charge in [-0.05, 0) is 31.2 Å². The van der Waals surface area contributed by atoms with Crippen LogP contribution in [0, 0.1) is 6.92 Å². The van der Waals surface area contributed by atoms with E-state index in [1.165, 1.54) is 17.8 Å². The van der Waals surface area contributed by atoms with Crippen molar-refractivity contribution >= 4 is 17.5 Å². The number of pyridine rings is 1. The van der Waals surface area contributed by atoms with Crippen LogP contribution in [0.25, 0.3) is 0 Å². The highest BCUT2D eigenvalue weighted by atomic mass is 16.4. The summed E-state index contributed by atoms with van der Waals surface area (Å²) in [4.78, 5) is 14.7. The van der Waals surface area contributed by atoms with Crippen molar-refractivity contribution in [3.8, 4) is 0 Å². The quantitative estimate of drug-likeness (QED) is 0.847. The molecule has 2 aromatic rings. The number of nitrogens with one attached hydrogen (secondary N) is 1. The van der Waals surface area contributed by atoms with Crippen molar-refractivity contribution in [3.63, 3.8) is 0 Å². The van der Waals surface area contributed by atoms with Gasteiger partial charge in [0.1, 0.15) is 5.82 Å². The number of carboxylic acid groups (broad SMARTS) is 1. The first-order valence-electron chi connectivity index (χ1n) is 5.18. The molecule has 0 unspecified atom stereocenters. The van der Waals surface area contributed by atoms with Crippen molar-refractivity contribution in [1.29, 1.82) is 0 Å². The molecule has 17 heavy (non-hydrogen) atoms. The molecule has 0 fully saturated rings. The zero-order valence-corrected chi connectivity index (χ0v) is 9.34. The Bertz CT molecular complexity index is 518. The van der Waals surface area contributed by atoms with Crippen LogP contribution in [0.3, 0.4) is 0 Å². The van der Waals surface area contributed by atoms with Crippen molar-refractivity contribution < 1.29 is 9.90 Å². The summed E-state index contributed by atoms with van der Waals surface area (Å²) in [6.45, 7) is 2.02. The fourth-order valence-electron chi connectivity index (χ4n) is 1.38. The van der Waals surface area contributed by atoms with Crippen LogP contribution in [0.2, 0.25) is 0 Å². The summed E-state index contributed by atoms with van der Waals surface area (Å²) < 4.78 is 0. The highest BCUT2D eigenvalue weighted by molar-refractivity contribution is 5.87. The molecule has 4 heteroatoms. The molecule has 86 valence electrons. The molecular formula is C13H12N2O2. The van der Waals surface area contributed by atoms with Crippen LogP contribution in [-0.2, 0) is 0 Å². The first-order chi connectivity index (χ1) is 8.15. The summed E-state index contributed by atoms with van der Waals surface area (Å²) in [5, 5.41) is 11.8. The van der Waals surface area contributed by atoms with Crippen molar-refractivity contribution in [2.24, 2.45) is 0 Å². The third kappa shape index (κ3) is 2.81. The summed E-state index contributed by atoms with van der Waals surface area (Å²) >= 11 is 0. The highest BCUT2D eigenvalue weighted by Crippen LogP contribution is 2.15. The Labute approximate surface area is 98.9 Å². The van der Waals surface area contributed by atoms with Gasteiger partial charge in [-0.1, -0.05) is 17.7 Å². The van der Waals surface area contributed by atoms with Gasteiger partial charge in [-0.25, -0.2) is 9.78 Å². The Morgan fingerprint density at radius 1 is 1.18 bits per heavy atom. The summed E-state index contributed by atoms with van der Waals surface area (Å²) in [6.07, 6.45) is 1.33. The molecule has 2 rings (SSSR count). The second-order valence-electron chi connectivity index (χ2n) is 3.73. The molecule has 0 aliphatic carbocycles. The van der Waals surface area contributed by atoms with Gasteiger partial charge < -0.3 is 10.4 Å². The Balaban J connectivity index is 2.13. The average Bonchev–Trinajstić information content (AvgIpc) is 2.33. The van der Waals surface area contributed by atoms with Gasteiger partial charge >= 0.3 is 5.97 Å². The number of anilines is 2. The number of carboxylic acids is 1. The number of rotatable bonds is 3. The number of nitrogens with zero attached hydrogens (tertiary/aromatic N) is 1. The lowest BCUT2D eigenvalue weighted by Gasteiger charge is -2.05. The largest absolute Gasteiger partial charge is 0.478 e. The number of benzene rings is 1. The van der Waals surface area contributed by atoms with Crippen LogP contribution in [0.15, 0.2) is 42.6 Å². The highest BCUT2D eigenvalue weighted by Gasteiger charge is 2.02. The molecule has 1 aromatic heterocycles. The fraction of sp³-hybridized carbons (Fsp3) is 0.0769. The molecular weight excluding hydrogens is 216 g/mol. The molecule has 4 nitrogen and oxygen atoms in total. The van der Waals surface area contributed by atoms with E-state index in [2.05, 4.69) is 10.3 Å². The molecule has 2 N–H and O–H groups in total. The molecule has 1 heterocycles. The topological polar surface area (TPSA) is 62.2 Å². The summed E-state index contributed by atoms with van der Waals surface area (Å²) in [6, 6.07) is 11.0. The maximum atomic E-state index is 10.6. The number of aryl methyl sites for hydroxylation is 1. The van der Waals surface area contributed by atoms with Crippen LogP contribution in [0.5, 0.6) is 0 Å². The van der Waals surface area contributed by atoms with Gasteiger partial charge in [-0.3, -0.25) is 0 Å². The second kappa shape index (κ2) is 4.65. The standard InChI is InChI=1S/C13H12N2O2/c1-9-2-5-11(6-3-9)15-12-7-4-10(8-14-12)13(16)17/h2-8H,1H3,(H,14,15)(H,16,17). The first kappa shape index (κ1) is 11.1. The lowest BCUT2D eigenvalue weighted by Crippen LogP contribution is -1.99. The van der Waals surface area contributed by atoms with E-state index in [1.807, 2.05) is 31.2 Å². The van der Waals surface area contributed by atoms with Crippen molar-refractivity contribution in [2.75, 3.05) is 5.32 Å². The van der Waals surface area contributed by atoms with E-state index in [9.17, 15) is 4.79 Å². The van der Waals surface area contributed by atoms with Gasteiger partial charge in [-0.15, -0.1) is 0 Å². The van der Waals surface area contributed by atoms with E-state index in [0.29, 0.717) is 5.82 Å². The SMILES string of the molecule is Cc1ccc(Nc2ccc(C(=O)O)cn2)cc1. The number of hydrogen-bond donors (Lipinski definition) is 2. The van der Waals surface area contributed by atoms with Crippen molar-refractivity contribution in [3.05, 3.63) is 53.7 Å². The Morgan fingerprint density at radius 2 is 1.88 bits per heavy atom. The number of carbonyl (C=O) groups is 1. The van der Waals surface area contributed by atoms with Crippen LogP contribution >= 0.6 is 0 Å². The zero-order valence-electron chi connectivity index (χ0n) is 9.34. The van der Waals surface area contributed by atoms with E-state index < -0.39 is 5.97 Å². The molecule has 0 radical (unpaired) electrons. The van der Waals surface area contributed by atoms with Crippen LogP contribution < -0.4 is 5.32 Å². The number of aromatic nitrogens is 1. The number of hydrogen-bond acceptors (Lipinski definition) is 3. The predicted octanol–water partition coefficient (Wildman–Crippen LogP) is 2.83. The third-order valence-corrected chi connectivity index (χ3v) is 2.33. The minimum absolute atomic E-state index is 0.180. The smallest absolute Gasteiger partial charge is 0.337 e. The molecule has 0 aliphatic rings. The molecule has 0 spiro atoms. The minimum atomic E-state index is -0.973. The van der Waals surface area contributed by atoms with Gasteiger partial charge in [0.2, 0.25) is 0 Å². The van der Waals surface area contributed by atoms with Gasteiger partial charge in [0, 0.05) is 11.9 Å². The zero-order chi connectivity index (χ0) is 12.3. The van der Waals surface area contributed by atoms with E-state index in [1.54, 1.807) is 6.07 Å². The lowest BCUT2D eigenvalue weighted by atomic mass is 10.2. The van der Waals surface area contributed by atoms with Crippen molar-refractivity contribution in [2.45, 2.75) is 6.92 Å². The lowest BCUT2D eigenvalue weighted by molar-refractivity contribution is 0.0696.